The van der Waals surface area contributed by atoms with Crippen LogP contribution >= 0.6 is 28.6 Å². The minimum atomic E-state index is -0.297. The van der Waals surface area contributed by atoms with E-state index in [1.165, 1.54) is 12.5 Å². The van der Waals surface area contributed by atoms with Crippen LogP contribution in [0.5, 0.6) is 0 Å². The standard InChI is InChI=1S/C14H21BrFN3S/c15-11-7-14(20)12(16)8-13(11)19-5-2-1-4-18-10-3-6-17-9-10/h7-8,10,17-20H,1-6,9H2/t10-/m1/s1. The Morgan fingerprint density at radius 3 is 2.90 bits per heavy atom. The minimum Gasteiger partial charge on any atom is -0.384 e. The van der Waals surface area contributed by atoms with Gasteiger partial charge in [-0.2, -0.15) is 0 Å². The number of benzene rings is 1. The van der Waals surface area contributed by atoms with Gasteiger partial charge in [0.1, 0.15) is 5.82 Å². The SMILES string of the molecule is Fc1cc(NCCCCN[C@@H]2CCNC2)c(Br)cc1S. The second-order valence-electron chi connectivity index (χ2n) is 5.06. The largest absolute Gasteiger partial charge is 0.384 e. The van der Waals surface area contributed by atoms with Crippen molar-refractivity contribution in [2.75, 3.05) is 31.5 Å². The van der Waals surface area contributed by atoms with Crippen molar-refractivity contribution in [3.05, 3.63) is 22.4 Å². The van der Waals surface area contributed by atoms with E-state index in [1.54, 1.807) is 6.07 Å². The van der Waals surface area contributed by atoms with Crippen LogP contribution in [0.3, 0.4) is 0 Å². The lowest BCUT2D eigenvalue weighted by Gasteiger charge is -2.12. The average Bonchev–Trinajstić information content (AvgIpc) is 2.92. The monoisotopic (exact) mass is 361 g/mol. The number of thiol groups is 1. The lowest BCUT2D eigenvalue weighted by atomic mass is 10.2. The van der Waals surface area contributed by atoms with E-state index in [1.807, 2.05) is 0 Å². The van der Waals surface area contributed by atoms with E-state index in [-0.39, 0.29) is 5.82 Å². The first-order chi connectivity index (χ1) is 9.66. The van der Waals surface area contributed by atoms with Crippen LogP contribution in [-0.2, 0) is 0 Å². The molecule has 1 saturated heterocycles. The van der Waals surface area contributed by atoms with E-state index in [4.69, 9.17) is 0 Å². The number of rotatable bonds is 7. The zero-order valence-electron chi connectivity index (χ0n) is 11.4. The summed E-state index contributed by atoms with van der Waals surface area (Å²) in [5, 5.41) is 10.1. The van der Waals surface area contributed by atoms with Gasteiger partial charge < -0.3 is 16.0 Å². The molecule has 0 radical (unpaired) electrons. The number of hydrogen-bond acceptors (Lipinski definition) is 4. The van der Waals surface area contributed by atoms with Crippen LogP contribution < -0.4 is 16.0 Å². The van der Waals surface area contributed by atoms with Crippen molar-refractivity contribution < 1.29 is 4.39 Å². The molecule has 2 rings (SSSR count). The molecule has 0 aromatic heterocycles. The molecule has 3 N–H and O–H groups in total. The number of unbranched alkanes of at least 4 members (excludes halogenated alkanes) is 1. The Morgan fingerprint density at radius 2 is 2.15 bits per heavy atom. The fourth-order valence-corrected chi connectivity index (χ4v) is 3.13. The molecule has 1 heterocycles. The van der Waals surface area contributed by atoms with Crippen molar-refractivity contribution in [2.24, 2.45) is 0 Å². The third kappa shape index (κ3) is 4.91. The highest BCUT2D eigenvalue weighted by Crippen LogP contribution is 2.27. The van der Waals surface area contributed by atoms with E-state index in [0.29, 0.717) is 10.9 Å². The molecule has 0 aliphatic carbocycles. The maximum absolute atomic E-state index is 13.4. The molecule has 1 fully saturated rings. The highest BCUT2D eigenvalue weighted by Gasteiger charge is 2.12. The van der Waals surface area contributed by atoms with E-state index >= 15 is 0 Å². The highest BCUT2D eigenvalue weighted by atomic mass is 79.9. The van der Waals surface area contributed by atoms with Crippen LogP contribution in [0.4, 0.5) is 10.1 Å². The molecule has 3 nitrogen and oxygen atoms in total. The van der Waals surface area contributed by atoms with Gasteiger partial charge in [-0.3, -0.25) is 0 Å². The first-order valence-corrected chi connectivity index (χ1v) is 8.27. The Hall–Kier alpha value is -0.300. The predicted octanol–water partition coefficient (Wildman–Crippen LogP) is 3.02. The predicted molar refractivity (Wildman–Crippen MR) is 88.4 cm³/mol. The van der Waals surface area contributed by atoms with Crippen LogP contribution in [0.1, 0.15) is 19.3 Å². The second-order valence-corrected chi connectivity index (χ2v) is 6.40. The summed E-state index contributed by atoms with van der Waals surface area (Å²) in [7, 11) is 0. The lowest BCUT2D eigenvalue weighted by Crippen LogP contribution is -2.31. The molecule has 6 heteroatoms. The van der Waals surface area contributed by atoms with Gasteiger partial charge in [0.2, 0.25) is 0 Å². The fourth-order valence-electron chi connectivity index (χ4n) is 2.28. The highest BCUT2D eigenvalue weighted by molar-refractivity contribution is 9.10. The Bertz CT molecular complexity index is 439. The molecule has 0 saturated carbocycles. The molecule has 0 spiro atoms. The first-order valence-electron chi connectivity index (χ1n) is 7.03. The van der Waals surface area contributed by atoms with Crippen molar-refractivity contribution in [2.45, 2.75) is 30.2 Å². The lowest BCUT2D eigenvalue weighted by molar-refractivity contribution is 0.530. The van der Waals surface area contributed by atoms with Gasteiger partial charge in [0.15, 0.2) is 0 Å². The van der Waals surface area contributed by atoms with Gasteiger partial charge in [-0.05, 0) is 60.4 Å². The van der Waals surface area contributed by atoms with Crippen LogP contribution in [0.2, 0.25) is 0 Å². The molecule has 1 aromatic rings. The molecule has 0 amide bonds. The third-order valence-corrected chi connectivity index (χ3v) is 4.45. The molecule has 20 heavy (non-hydrogen) atoms. The van der Waals surface area contributed by atoms with Crippen LogP contribution in [0.15, 0.2) is 21.5 Å². The number of nitrogens with one attached hydrogen (secondary N) is 3. The van der Waals surface area contributed by atoms with E-state index in [9.17, 15) is 4.39 Å². The van der Waals surface area contributed by atoms with Crippen molar-refractivity contribution >= 4 is 34.2 Å². The van der Waals surface area contributed by atoms with Gasteiger partial charge in [-0.25, -0.2) is 4.39 Å². The Morgan fingerprint density at radius 1 is 1.35 bits per heavy atom. The summed E-state index contributed by atoms with van der Waals surface area (Å²) in [5.74, 6) is -0.297. The van der Waals surface area contributed by atoms with Crippen molar-refractivity contribution in [3.63, 3.8) is 0 Å². The molecule has 1 aliphatic heterocycles. The normalized spacial score (nSPS) is 18.4. The number of anilines is 1. The number of halogens is 2. The maximum Gasteiger partial charge on any atom is 0.138 e. The average molecular weight is 362 g/mol. The summed E-state index contributed by atoms with van der Waals surface area (Å²) in [6.07, 6.45) is 3.40. The molecule has 1 aromatic carbocycles. The summed E-state index contributed by atoms with van der Waals surface area (Å²) < 4.78 is 14.3. The van der Waals surface area contributed by atoms with Gasteiger partial charge >= 0.3 is 0 Å². The Balaban J connectivity index is 1.62. The molecule has 1 atom stereocenters. The number of hydrogen-bond donors (Lipinski definition) is 4. The van der Waals surface area contributed by atoms with Gasteiger partial charge in [0.05, 0.1) is 5.69 Å². The van der Waals surface area contributed by atoms with Crippen molar-refractivity contribution in [1.82, 2.24) is 10.6 Å². The molecule has 112 valence electrons. The van der Waals surface area contributed by atoms with Gasteiger partial charge in [0, 0.05) is 28.5 Å². The minimum absolute atomic E-state index is 0.297. The van der Waals surface area contributed by atoms with E-state index in [2.05, 4.69) is 44.5 Å². The molecule has 0 bridgehead atoms. The maximum atomic E-state index is 13.4. The molecule has 0 unspecified atom stereocenters. The fraction of sp³-hybridized carbons (Fsp3) is 0.571. The Kier molecular flexibility index (Phi) is 6.61. The zero-order chi connectivity index (χ0) is 14.4. The molecular weight excluding hydrogens is 341 g/mol. The molecular formula is C14H21BrFN3S. The summed E-state index contributed by atoms with van der Waals surface area (Å²) in [5.41, 5.74) is 0.785. The van der Waals surface area contributed by atoms with Crippen LogP contribution in [0, 0.1) is 5.82 Å². The first kappa shape index (κ1) is 16.1. The summed E-state index contributed by atoms with van der Waals surface area (Å²) in [6, 6.07) is 3.79. The quantitative estimate of drug-likeness (QED) is 0.445. The van der Waals surface area contributed by atoms with Gasteiger partial charge in [0.25, 0.3) is 0 Å². The van der Waals surface area contributed by atoms with Crippen LogP contribution in [0.25, 0.3) is 0 Å². The summed E-state index contributed by atoms with van der Waals surface area (Å²) >= 11 is 7.46. The van der Waals surface area contributed by atoms with E-state index < -0.39 is 0 Å². The summed E-state index contributed by atoms with van der Waals surface area (Å²) in [4.78, 5) is 0.358. The smallest absolute Gasteiger partial charge is 0.138 e. The topological polar surface area (TPSA) is 36.1 Å². The van der Waals surface area contributed by atoms with E-state index in [0.717, 1.165) is 49.2 Å². The Labute approximate surface area is 133 Å². The van der Waals surface area contributed by atoms with Gasteiger partial charge in [-0.15, -0.1) is 12.6 Å². The van der Waals surface area contributed by atoms with Crippen molar-refractivity contribution in [1.29, 1.82) is 0 Å². The third-order valence-electron chi connectivity index (χ3n) is 3.45. The van der Waals surface area contributed by atoms with Crippen molar-refractivity contribution in [3.8, 4) is 0 Å². The van der Waals surface area contributed by atoms with Crippen LogP contribution in [-0.4, -0.2) is 32.2 Å². The zero-order valence-corrected chi connectivity index (χ0v) is 13.9. The molecule has 1 aliphatic rings. The van der Waals surface area contributed by atoms with Gasteiger partial charge in [-0.1, -0.05) is 0 Å². The second kappa shape index (κ2) is 8.22. The summed E-state index contributed by atoms with van der Waals surface area (Å²) in [6.45, 7) is 4.09.